The molecule has 6 heteroatoms. The number of anilines is 1. The maximum absolute atomic E-state index is 5.81. The van der Waals surface area contributed by atoms with Gasteiger partial charge in [-0.25, -0.2) is 4.98 Å². The molecule has 0 N–H and O–H groups in total. The fourth-order valence-corrected chi connectivity index (χ4v) is 3.62. The molecule has 28 heavy (non-hydrogen) atoms. The van der Waals surface area contributed by atoms with Crippen LogP contribution in [0, 0.1) is 0 Å². The van der Waals surface area contributed by atoms with Crippen molar-refractivity contribution in [3.8, 4) is 11.5 Å². The molecule has 0 radical (unpaired) electrons. The van der Waals surface area contributed by atoms with Crippen LogP contribution in [0.3, 0.4) is 0 Å². The topological polar surface area (TPSA) is 43.8 Å². The summed E-state index contributed by atoms with van der Waals surface area (Å²) in [4.78, 5) is 6.83. The molecule has 0 amide bonds. The van der Waals surface area contributed by atoms with E-state index in [0.29, 0.717) is 13.2 Å². The van der Waals surface area contributed by atoms with Gasteiger partial charge in [0.25, 0.3) is 0 Å². The first-order valence-corrected chi connectivity index (χ1v) is 10.0. The fraction of sp³-hybridized carbons (Fsp3) is 0.318. The number of hydrogen-bond acceptors (Lipinski definition) is 6. The van der Waals surface area contributed by atoms with E-state index in [-0.39, 0.29) is 0 Å². The van der Waals surface area contributed by atoms with Crippen LogP contribution in [0.5, 0.6) is 11.5 Å². The number of nitrogens with zero attached hydrogens (tertiary/aromatic N) is 2. The van der Waals surface area contributed by atoms with E-state index in [1.54, 1.807) is 25.6 Å². The summed E-state index contributed by atoms with van der Waals surface area (Å²) in [7, 11) is 5.41. The number of aromatic nitrogens is 1. The summed E-state index contributed by atoms with van der Waals surface area (Å²) < 4.78 is 16.3. The van der Waals surface area contributed by atoms with Crippen molar-refractivity contribution in [1.29, 1.82) is 0 Å². The molecule has 148 valence electrons. The van der Waals surface area contributed by atoms with E-state index in [2.05, 4.69) is 27.4 Å². The second kappa shape index (κ2) is 10.1. The first-order valence-electron chi connectivity index (χ1n) is 9.17. The van der Waals surface area contributed by atoms with Crippen LogP contribution < -0.4 is 14.4 Å². The van der Waals surface area contributed by atoms with Gasteiger partial charge in [0.2, 0.25) is 0 Å². The smallest absolute Gasteiger partial charge is 0.185 e. The molecule has 0 bridgehead atoms. The molecule has 1 heterocycles. The van der Waals surface area contributed by atoms with Gasteiger partial charge in [-0.15, -0.1) is 11.3 Å². The molecule has 0 atom stereocenters. The Bertz CT molecular complexity index is 881. The molecule has 0 aliphatic carbocycles. The highest BCUT2D eigenvalue weighted by molar-refractivity contribution is 7.13. The Morgan fingerprint density at radius 3 is 2.36 bits per heavy atom. The molecule has 3 rings (SSSR count). The lowest BCUT2D eigenvalue weighted by Gasteiger charge is -2.16. The third-order valence-corrected chi connectivity index (χ3v) is 5.34. The van der Waals surface area contributed by atoms with Crippen LogP contribution in [-0.2, 0) is 24.3 Å². The Hall–Kier alpha value is -2.57. The van der Waals surface area contributed by atoms with Gasteiger partial charge in [0.15, 0.2) is 5.13 Å². The van der Waals surface area contributed by atoms with Gasteiger partial charge >= 0.3 is 0 Å². The number of rotatable bonds is 10. The quantitative estimate of drug-likeness (QED) is 0.469. The molecule has 0 saturated heterocycles. The van der Waals surface area contributed by atoms with Crippen LogP contribution in [0.1, 0.15) is 16.8 Å². The number of hydrogen-bond donors (Lipinski definition) is 0. The minimum Gasteiger partial charge on any atom is -0.497 e. The van der Waals surface area contributed by atoms with E-state index in [1.165, 1.54) is 11.1 Å². The van der Waals surface area contributed by atoms with E-state index in [9.17, 15) is 0 Å². The molecule has 3 aromatic rings. The number of benzene rings is 2. The van der Waals surface area contributed by atoms with Crippen LogP contribution in [0.4, 0.5) is 5.13 Å². The van der Waals surface area contributed by atoms with Crippen molar-refractivity contribution in [2.75, 3.05) is 32.8 Å². The zero-order valence-electron chi connectivity index (χ0n) is 16.6. The van der Waals surface area contributed by atoms with Crippen molar-refractivity contribution in [1.82, 2.24) is 4.98 Å². The maximum atomic E-state index is 5.81. The Morgan fingerprint density at radius 2 is 1.64 bits per heavy atom. The van der Waals surface area contributed by atoms with Crippen LogP contribution >= 0.6 is 11.3 Å². The summed E-state index contributed by atoms with van der Waals surface area (Å²) in [5, 5.41) is 3.04. The van der Waals surface area contributed by atoms with Crippen molar-refractivity contribution in [2.45, 2.75) is 19.6 Å². The molecule has 0 fully saturated rings. The van der Waals surface area contributed by atoms with Crippen LogP contribution in [0.2, 0.25) is 0 Å². The second-order valence-electron chi connectivity index (χ2n) is 6.48. The normalized spacial score (nSPS) is 10.7. The second-order valence-corrected chi connectivity index (χ2v) is 7.32. The van der Waals surface area contributed by atoms with Crippen molar-refractivity contribution in [2.24, 2.45) is 0 Å². The van der Waals surface area contributed by atoms with Crippen molar-refractivity contribution in [3.05, 3.63) is 70.7 Å². The molecule has 2 aromatic carbocycles. The SMILES string of the molecule is COc1cccc(CCOCc2csc(N(C)Cc3cccc(OC)c3)n2)c1. The molecule has 0 spiro atoms. The lowest BCUT2D eigenvalue weighted by atomic mass is 10.1. The molecule has 0 aliphatic rings. The maximum Gasteiger partial charge on any atom is 0.185 e. The molecule has 0 saturated carbocycles. The van der Waals surface area contributed by atoms with Crippen molar-refractivity contribution >= 4 is 16.5 Å². The third kappa shape index (κ3) is 5.71. The van der Waals surface area contributed by atoms with Gasteiger partial charge < -0.3 is 19.1 Å². The van der Waals surface area contributed by atoms with Crippen molar-refractivity contribution < 1.29 is 14.2 Å². The van der Waals surface area contributed by atoms with Gasteiger partial charge in [-0.3, -0.25) is 0 Å². The zero-order valence-corrected chi connectivity index (χ0v) is 17.4. The predicted molar refractivity (Wildman–Crippen MR) is 114 cm³/mol. The first kappa shape index (κ1) is 20.2. The van der Waals surface area contributed by atoms with E-state index in [1.807, 2.05) is 43.4 Å². The fourth-order valence-electron chi connectivity index (χ4n) is 2.84. The minimum absolute atomic E-state index is 0.521. The summed E-state index contributed by atoms with van der Waals surface area (Å²) in [6.07, 6.45) is 0.851. The Balaban J connectivity index is 1.46. The van der Waals surface area contributed by atoms with Crippen LogP contribution in [-0.4, -0.2) is 32.9 Å². The largest absolute Gasteiger partial charge is 0.497 e. The van der Waals surface area contributed by atoms with Gasteiger partial charge in [-0.05, 0) is 41.8 Å². The Morgan fingerprint density at radius 1 is 0.964 bits per heavy atom. The molecule has 0 aliphatic heterocycles. The van der Waals surface area contributed by atoms with Crippen LogP contribution in [0.15, 0.2) is 53.9 Å². The third-order valence-electron chi connectivity index (χ3n) is 4.34. The van der Waals surface area contributed by atoms with Gasteiger partial charge in [-0.2, -0.15) is 0 Å². The van der Waals surface area contributed by atoms with Crippen molar-refractivity contribution in [3.63, 3.8) is 0 Å². The summed E-state index contributed by atoms with van der Waals surface area (Å²) in [6, 6.07) is 16.2. The predicted octanol–water partition coefficient (Wildman–Crippen LogP) is 4.56. The van der Waals surface area contributed by atoms with Gasteiger partial charge in [0, 0.05) is 19.0 Å². The zero-order chi connectivity index (χ0) is 19.8. The number of ether oxygens (including phenoxy) is 3. The summed E-state index contributed by atoms with van der Waals surface area (Å²) in [5.74, 6) is 1.75. The summed E-state index contributed by atoms with van der Waals surface area (Å²) in [6.45, 7) is 1.95. The number of thiazole rings is 1. The lowest BCUT2D eigenvalue weighted by Crippen LogP contribution is -2.16. The van der Waals surface area contributed by atoms with E-state index >= 15 is 0 Å². The average Bonchev–Trinajstić information content (AvgIpc) is 3.21. The van der Waals surface area contributed by atoms with E-state index in [0.717, 1.165) is 35.3 Å². The minimum atomic E-state index is 0.521. The lowest BCUT2D eigenvalue weighted by molar-refractivity contribution is 0.121. The highest BCUT2D eigenvalue weighted by Gasteiger charge is 2.09. The monoisotopic (exact) mass is 398 g/mol. The van der Waals surface area contributed by atoms with Gasteiger partial charge in [0.05, 0.1) is 33.1 Å². The van der Waals surface area contributed by atoms with Crippen LogP contribution in [0.25, 0.3) is 0 Å². The first-order chi connectivity index (χ1) is 13.7. The molecule has 5 nitrogen and oxygen atoms in total. The molecule has 0 unspecified atom stereocenters. The average molecular weight is 399 g/mol. The number of methoxy groups -OCH3 is 2. The van der Waals surface area contributed by atoms with Gasteiger partial charge in [-0.1, -0.05) is 24.3 Å². The summed E-state index contributed by atoms with van der Waals surface area (Å²) in [5.41, 5.74) is 3.35. The van der Waals surface area contributed by atoms with E-state index in [4.69, 9.17) is 14.2 Å². The Kier molecular flexibility index (Phi) is 7.28. The Labute approximate surface area is 170 Å². The molecule has 1 aromatic heterocycles. The standard InChI is InChI=1S/C22H26N2O3S/c1-24(14-18-7-5-9-21(13-18)26-3)22-23-19(16-28-22)15-27-11-10-17-6-4-8-20(12-17)25-2/h4-9,12-13,16H,10-11,14-15H2,1-3H3. The molecular weight excluding hydrogens is 372 g/mol. The highest BCUT2D eigenvalue weighted by atomic mass is 32.1. The summed E-state index contributed by atoms with van der Waals surface area (Å²) >= 11 is 1.63. The highest BCUT2D eigenvalue weighted by Crippen LogP contribution is 2.23. The van der Waals surface area contributed by atoms with Gasteiger partial charge in [0.1, 0.15) is 11.5 Å². The molecular formula is C22H26N2O3S. The van der Waals surface area contributed by atoms with E-state index < -0.39 is 0 Å².